The lowest BCUT2D eigenvalue weighted by atomic mass is 10.1. The fourth-order valence-corrected chi connectivity index (χ4v) is 2.45. The molecule has 1 N–H and O–H groups in total. The lowest BCUT2D eigenvalue weighted by Gasteiger charge is -2.26. The summed E-state index contributed by atoms with van der Waals surface area (Å²) in [7, 11) is 0. The first-order valence-electron chi connectivity index (χ1n) is 6.16. The van der Waals surface area contributed by atoms with Crippen molar-refractivity contribution in [2.75, 3.05) is 6.54 Å². The Morgan fingerprint density at radius 1 is 1.44 bits per heavy atom. The third-order valence-electron chi connectivity index (χ3n) is 3.39. The topological polar surface area (TPSA) is 70.8 Å². The number of carboxylic acids is 1. The summed E-state index contributed by atoms with van der Waals surface area (Å²) in [5, 5.41) is 8.94. The quantitative estimate of drug-likeness (QED) is 0.889. The van der Waals surface area contributed by atoms with Crippen molar-refractivity contribution >= 4 is 11.9 Å². The molecule has 1 amide bonds. The molecule has 2 rings (SSSR count). The second-order valence-electron chi connectivity index (χ2n) is 4.70. The van der Waals surface area contributed by atoms with Crippen molar-refractivity contribution in [3.63, 3.8) is 0 Å². The number of rotatable bonds is 4. The molecule has 0 aromatic carbocycles. The molecule has 0 unspecified atom stereocenters. The molecule has 1 saturated carbocycles. The lowest BCUT2D eigenvalue weighted by molar-refractivity contribution is -0.138. The van der Waals surface area contributed by atoms with Gasteiger partial charge in [0, 0.05) is 11.6 Å². The molecule has 18 heavy (non-hydrogen) atoms. The van der Waals surface area contributed by atoms with Gasteiger partial charge in [0.1, 0.15) is 6.54 Å². The van der Waals surface area contributed by atoms with Crippen molar-refractivity contribution in [1.82, 2.24) is 4.90 Å². The van der Waals surface area contributed by atoms with Crippen LogP contribution in [0.1, 0.15) is 41.8 Å². The number of carboxylic acid groups (broad SMARTS) is 1. The van der Waals surface area contributed by atoms with Crippen molar-refractivity contribution in [2.45, 2.75) is 38.6 Å². The lowest BCUT2D eigenvalue weighted by Crippen LogP contribution is -2.42. The Hall–Kier alpha value is -1.78. The van der Waals surface area contributed by atoms with Crippen LogP contribution in [0.4, 0.5) is 0 Å². The van der Waals surface area contributed by atoms with E-state index in [1.165, 1.54) is 11.2 Å². The van der Waals surface area contributed by atoms with E-state index in [1.54, 1.807) is 13.0 Å². The highest BCUT2D eigenvalue weighted by molar-refractivity contribution is 5.94. The second-order valence-corrected chi connectivity index (χ2v) is 4.70. The summed E-state index contributed by atoms with van der Waals surface area (Å²) in [6.45, 7) is 1.52. The Morgan fingerprint density at radius 2 is 2.11 bits per heavy atom. The molecule has 98 valence electrons. The van der Waals surface area contributed by atoms with Gasteiger partial charge in [-0.1, -0.05) is 12.8 Å². The van der Waals surface area contributed by atoms with Crippen LogP contribution in [0, 0.1) is 6.92 Å². The van der Waals surface area contributed by atoms with E-state index in [1.807, 2.05) is 0 Å². The Balaban J connectivity index is 2.20. The van der Waals surface area contributed by atoms with Gasteiger partial charge in [0.05, 0.1) is 6.26 Å². The van der Waals surface area contributed by atoms with E-state index in [-0.39, 0.29) is 24.3 Å². The van der Waals surface area contributed by atoms with E-state index >= 15 is 0 Å². The van der Waals surface area contributed by atoms with E-state index in [0.29, 0.717) is 0 Å². The predicted octanol–water partition coefficient (Wildman–Crippen LogP) is 2.06. The first-order valence-corrected chi connectivity index (χ1v) is 6.16. The summed E-state index contributed by atoms with van der Waals surface area (Å²) < 4.78 is 5.16. The summed E-state index contributed by atoms with van der Waals surface area (Å²) in [6, 6.07) is 1.74. The number of hydrogen-bond acceptors (Lipinski definition) is 3. The van der Waals surface area contributed by atoms with Crippen LogP contribution in [-0.2, 0) is 4.79 Å². The highest BCUT2D eigenvalue weighted by Crippen LogP contribution is 2.25. The second kappa shape index (κ2) is 5.25. The Bertz CT molecular complexity index is 446. The van der Waals surface area contributed by atoms with Crippen molar-refractivity contribution in [3.05, 3.63) is 23.7 Å². The van der Waals surface area contributed by atoms with E-state index in [4.69, 9.17) is 9.52 Å². The van der Waals surface area contributed by atoms with Crippen LogP contribution in [0.25, 0.3) is 0 Å². The number of carbonyl (C=O) groups excluding carboxylic acids is 1. The molecular formula is C13H17NO4. The summed E-state index contributed by atoms with van der Waals surface area (Å²) in [5.41, 5.74) is 0.744. The number of aliphatic carboxylic acids is 1. The highest BCUT2D eigenvalue weighted by atomic mass is 16.4. The maximum atomic E-state index is 12.3. The molecule has 5 heteroatoms. The van der Waals surface area contributed by atoms with Gasteiger partial charge >= 0.3 is 5.97 Å². The molecule has 0 radical (unpaired) electrons. The zero-order valence-electron chi connectivity index (χ0n) is 10.4. The standard InChI is InChI=1S/C13H17NO4/c1-9-6-7-18-12(9)13(17)14(8-11(15)16)10-4-2-3-5-10/h6-7,10H,2-5,8H2,1H3,(H,15,16). The molecule has 1 aromatic rings. The van der Waals surface area contributed by atoms with E-state index in [0.717, 1.165) is 31.2 Å². The van der Waals surface area contributed by atoms with E-state index in [2.05, 4.69) is 0 Å². The summed E-state index contributed by atoms with van der Waals surface area (Å²) in [5.74, 6) is -1.05. The fourth-order valence-electron chi connectivity index (χ4n) is 2.45. The molecule has 0 atom stereocenters. The molecule has 0 aliphatic heterocycles. The van der Waals surface area contributed by atoms with Gasteiger partial charge in [-0.3, -0.25) is 9.59 Å². The van der Waals surface area contributed by atoms with Gasteiger partial charge in [-0.2, -0.15) is 0 Å². The van der Waals surface area contributed by atoms with Crippen molar-refractivity contribution < 1.29 is 19.1 Å². The van der Waals surface area contributed by atoms with E-state index in [9.17, 15) is 9.59 Å². The van der Waals surface area contributed by atoms with Crippen LogP contribution in [0.3, 0.4) is 0 Å². The molecular weight excluding hydrogens is 234 g/mol. The normalized spacial score (nSPS) is 15.8. The minimum atomic E-state index is -0.987. The third-order valence-corrected chi connectivity index (χ3v) is 3.39. The fraction of sp³-hybridized carbons (Fsp3) is 0.538. The highest BCUT2D eigenvalue weighted by Gasteiger charge is 2.31. The average molecular weight is 251 g/mol. The molecule has 1 heterocycles. The van der Waals surface area contributed by atoms with Gasteiger partial charge in [0.2, 0.25) is 0 Å². The van der Waals surface area contributed by atoms with Crippen molar-refractivity contribution in [3.8, 4) is 0 Å². The van der Waals surface area contributed by atoms with Crippen LogP contribution in [0.5, 0.6) is 0 Å². The average Bonchev–Trinajstić information content (AvgIpc) is 2.95. The van der Waals surface area contributed by atoms with Crippen LogP contribution in [0.2, 0.25) is 0 Å². The maximum Gasteiger partial charge on any atom is 0.323 e. The first-order chi connectivity index (χ1) is 8.59. The largest absolute Gasteiger partial charge is 0.480 e. The number of carbonyl (C=O) groups is 2. The number of amides is 1. The number of furan rings is 1. The monoisotopic (exact) mass is 251 g/mol. The molecule has 0 bridgehead atoms. The molecule has 1 fully saturated rings. The Morgan fingerprint density at radius 3 is 2.61 bits per heavy atom. The zero-order valence-corrected chi connectivity index (χ0v) is 10.4. The van der Waals surface area contributed by atoms with Crippen molar-refractivity contribution in [2.24, 2.45) is 0 Å². The molecule has 0 saturated heterocycles. The van der Waals surface area contributed by atoms with Gasteiger partial charge in [-0.05, 0) is 25.8 Å². The molecule has 0 spiro atoms. The van der Waals surface area contributed by atoms with Crippen LogP contribution < -0.4 is 0 Å². The SMILES string of the molecule is Cc1ccoc1C(=O)N(CC(=O)O)C1CCCC1. The number of hydrogen-bond donors (Lipinski definition) is 1. The third kappa shape index (κ3) is 2.55. The van der Waals surface area contributed by atoms with Gasteiger partial charge in [-0.15, -0.1) is 0 Å². The predicted molar refractivity (Wildman–Crippen MR) is 64.4 cm³/mol. The Labute approximate surface area is 105 Å². The zero-order chi connectivity index (χ0) is 13.1. The Kier molecular flexibility index (Phi) is 3.69. The molecule has 1 aliphatic carbocycles. The smallest absolute Gasteiger partial charge is 0.323 e. The van der Waals surface area contributed by atoms with Gasteiger partial charge in [0.25, 0.3) is 5.91 Å². The van der Waals surface area contributed by atoms with Gasteiger partial charge in [-0.25, -0.2) is 0 Å². The van der Waals surface area contributed by atoms with Gasteiger partial charge in [0.15, 0.2) is 5.76 Å². The number of aryl methyl sites for hydroxylation is 1. The van der Waals surface area contributed by atoms with E-state index < -0.39 is 5.97 Å². The minimum Gasteiger partial charge on any atom is -0.480 e. The van der Waals surface area contributed by atoms with Crippen LogP contribution in [0.15, 0.2) is 16.7 Å². The van der Waals surface area contributed by atoms with Crippen LogP contribution in [-0.4, -0.2) is 34.5 Å². The summed E-state index contributed by atoms with van der Waals surface area (Å²) in [6.07, 6.45) is 5.30. The minimum absolute atomic E-state index is 0.0260. The summed E-state index contributed by atoms with van der Waals surface area (Å²) in [4.78, 5) is 24.7. The van der Waals surface area contributed by atoms with Crippen molar-refractivity contribution in [1.29, 1.82) is 0 Å². The summed E-state index contributed by atoms with van der Waals surface area (Å²) >= 11 is 0. The molecule has 1 aromatic heterocycles. The maximum absolute atomic E-state index is 12.3. The number of nitrogens with zero attached hydrogens (tertiary/aromatic N) is 1. The first kappa shape index (κ1) is 12.7. The molecule has 1 aliphatic rings. The van der Waals surface area contributed by atoms with Gasteiger partial charge < -0.3 is 14.4 Å². The molecule has 5 nitrogen and oxygen atoms in total. The van der Waals surface area contributed by atoms with Crippen LogP contribution >= 0.6 is 0 Å².